The molecule has 162 valence electrons. The van der Waals surface area contributed by atoms with Crippen LogP contribution in [0.2, 0.25) is 0 Å². The normalized spacial score (nSPS) is 16.5. The molecule has 0 aliphatic carbocycles. The second-order valence-corrected chi connectivity index (χ2v) is 9.22. The maximum absolute atomic E-state index is 12.7. The Morgan fingerprint density at radius 1 is 1.26 bits per heavy atom. The van der Waals surface area contributed by atoms with Crippen molar-refractivity contribution in [2.24, 2.45) is 0 Å². The first-order valence-electron chi connectivity index (χ1n) is 9.94. The van der Waals surface area contributed by atoms with Gasteiger partial charge in [0.15, 0.2) is 5.75 Å². The molecule has 3 aromatic rings. The molecule has 10 heteroatoms. The number of aromatic nitrogens is 3. The van der Waals surface area contributed by atoms with Crippen LogP contribution in [-0.4, -0.2) is 50.4 Å². The van der Waals surface area contributed by atoms with Gasteiger partial charge in [0.25, 0.3) is 5.91 Å². The standard InChI is InChI=1S/C21H23N5O4S/c1-21(2,3)30-18(29)14-7-5-11-26(14)20-25-24-19(31-20)23-17(28)13-9-8-12-6-4-10-22-15(12)16(13)27/h4,6,8-10,14,27H,5,7,11H2,1-3H3,(H,23,24,28)/t14-/m0/s1. The second kappa shape index (κ2) is 8.10. The summed E-state index contributed by atoms with van der Waals surface area (Å²) in [6, 6.07) is 6.39. The van der Waals surface area contributed by atoms with Gasteiger partial charge in [0.05, 0.1) is 5.56 Å². The molecule has 0 unspecified atom stereocenters. The van der Waals surface area contributed by atoms with Crippen LogP contribution in [0.3, 0.4) is 0 Å². The summed E-state index contributed by atoms with van der Waals surface area (Å²) in [5, 5.41) is 22.8. The Balaban J connectivity index is 1.50. The number of esters is 1. The van der Waals surface area contributed by atoms with Gasteiger partial charge in [0.2, 0.25) is 10.3 Å². The zero-order valence-corrected chi connectivity index (χ0v) is 18.3. The first-order valence-corrected chi connectivity index (χ1v) is 10.8. The lowest BCUT2D eigenvalue weighted by atomic mass is 10.1. The molecular weight excluding hydrogens is 418 g/mol. The number of fused-ring (bicyclic) bond motifs is 1. The summed E-state index contributed by atoms with van der Waals surface area (Å²) < 4.78 is 5.52. The summed E-state index contributed by atoms with van der Waals surface area (Å²) in [4.78, 5) is 31.2. The molecule has 1 fully saturated rings. The predicted molar refractivity (Wildman–Crippen MR) is 117 cm³/mol. The quantitative estimate of drug-likeness (QED) is 0.592. The molecular formula is C21H23N5O4S. The number of nitrogens with zero attached hydrogens (tertiary/aromatic N) is 4. The number of benzene rings is 1. The summed E-state index contributed by atoms with van der Waals surface area (Å²) in [5.41, 5.74) is -0.122. The zero-order valence-electron chi connectivity index (χ0n) is 17.5. The van der Waals surface area contributed by atoms with E-state index in [1.54, 1.807) is 24.4 Å². The molecule has 1 saturated heterocycles. The minimum Gasteiger partial charge on any atom is -0.505 e. The van der Waals surface area contributed by atoms with Crippen LogP contribution in [-0.2, 0) is 9.53 Å². The van der Waals surface area contributed by atoms with E-state index in [0.717, 1.165) is 11.8 Å². The zero-order chi connectivity index (χ0) is 22.2. The Morgan fingerprint density at radius 3 is 2.84 bits per heavy atom. The Bertz CT molecular complexity index is 1140. The second-order valence-electron chi connectivity index (χ2n) is 8.27. The Labute approximate surface area is 183 Å². The summed E-state index contributed by atoms with van der Waals surface area (Å²) >= 11 is 1.17. The van der Waals surface area contributed by atoms with Crippen LogP contribution in [0.4, 0.5) is 10.3 Å². The molecule has 0 spiro atoms. The summed E-state index contributed by atoms with van der Waals surface area (Å²) in [6.45, 7) is 6.16. The van der Waals surface area contributed by atoms with E-state index in [4.69, 9.17) is 4.74 Å². The van der Waals surface area contributed by atoms with E-state index in [0.29, 0.717) is 23.6 Å². The lowest BCUT2D eigenvalue weighted by Crippen LogP contribution is -2.40. The number of aromatic hydroxyl groups is 1. The third-order valence-electron chi connectivity index (χ3n) is 4.80. The minimum atomic E-state index is -0.567. The molecule has 3 heterocycles. The van der Waals surface area contributed by atoms with Crippen molar-refractivity contribution >= 4 is 44.4 Å². The van der Waals surface area contributed by atoms with Gasteiger partial charge in [0, 0.05) is 18.1 Å². The Kier molecular flexibility index (Phi) is 5.48. The number of rotatable bonds is 4. The molecule has 1 aliphatic heterocycles. The summed E-state index contributed by atoms with van der Waals surface area (Å²) in [6.07, 6.45) is 3.06. The molecule has 0 radical (unpaired) electrons. The van der Waals surface area contributed by atoms with Crippen molar-refractivity contribution < 1.29 is 19.4 Å². The molecule has 4 rings (SSSR count). The third-order valence-corrected chi connectivity index (χ3v) is 5.68. The number of nitrogens with one attached hydrogen (secondary N) is 1. The number of anilines is 2. The highest BCUT2D eigenvalue weighted by atomic mass is 32.1. The van der Waals surface area contributed by atoms with E-state index in [2.05, 4.69) is 20.5 Å². The number of phenolic OH excluding ortho intramolecular Hbond substituents is 1. The fraction of sp³-hybridized carbons (Fsp3) is 0.381. The van der Waals surface area contributed by atoms with Crippen molar-refractivity contribution in [2.75, 3.05) is 16.8 Å². The van der Waals surface area contributed by atoms with Crippen molar-refractivity contribution in [1.29, 1.82) is 0 Å². The molecule has 2 aromatic heterocycles. The molecule has 2 N–H and O–H groups in total. The smallest absolute Gasteiger partial charge is 0.329 e. The van der Waals surface area contributed by atoms with Gasteiger partial charge < -0.3 is 14.7 Å². The Morgan fingerprint density at radius 2 is 2.06 bits per heavy atom. The van der Waals surface area contributed by atoms with Crippen LogP contribution in [0.25, 0.3) is 10.9 Å². The number of ether oxygens (including phenoxy) is 1. The van der Waals surface area contributed by atoms with Crippen LogP contribution < -0.4 is 10.2 Å². The van der Waals surface area contributed by atoms with Crippen molar-refractivity contribution in [1.82, 2.24) is 15.2 Å². The average Bonchev–Trinajstić information content (AvgIpc) is 3.36. The number of phenols is 1. The van der Waals surface area contributed by atoms with Gasteiger partial charge in [0.1, 0.15) is 17.2 Å². The third kappa shape index (κ3) is 4.43. The van der Waals surface area contributed by atoms with Gasteiger partial charge in [-0.2, -0.15) is 0 Å². The SMILES string of the molecule is CC(C)(C)OC(=O)[C@@H]1CCCN1c1nnc(NC(=O)c2ccc3cccnc3c2O)s1. The number of hydrogen-bond acceptors (Lipinski definition) is 9. The van der Waals surface area contributed by atoms with E-state index in [9.17, 15) is 14.7 Å². The van der Waals surface area contributed by atoms with Crippen LogP contribution >= 0.6 is 11.3 Å². The fourth-order valence-electron chi connectivity index (χ4n) is 3.47. The minimum absolute atomic E-state index is 0.0933. The van der Waals surface area contributed by atoms with Gasteiger partial charge in [-0.05, 0) is 45.7 Å². The van der Waals surface area contributed by atoms with Crippen LogP contribution in [0.5, 0.6) is 5.75 Å². The number of carbonyl (C=O) groups is 2. The van der Waals surface area contributed by atoms with Gasteiger partial charge in [-0.25, -0.2) is 4.79 Å². The lowest BCUT2D eigenvalue weighted by Gasteiger charge is -2.26. The molecule has 0 saturated carbocycles. The van der Waals surface area contributed by atoms with Gasteiger partial charge >= 0.3 is 5.97 Å². The van der Waals surface area contributed by atoms with E-state index >= 15 is 0 Å². The van der Waals surface area contributed by atoms with Crippen molar-refractivity contribution in [3.63, 3.8) is 0 Å². The topological polar surface area (TPSA) is 118 Å². The summed E-state index contributed by atoms with van der Waals surface area (Å²) in [5.74, 6) is -0.998. The average molecular weight is 442 g/mol. The van der Waals surface area contributed by atoms with Crippen LogP contribution in [0, 0.1) is 0 Å². The van der Waals surface area contributed by atoms with Crippen molar-refractivity contribution in [3.8, 4) is 5.75 Å². The highest BCUT2D eigenvalue weighted by molar-refractivity contribution is 7.19. The van der Waals surface area contributed by atoms with E-state index < -0.39 is 17.6 Å². The largest absolute Gasteiger partial charge is 0.505 e. The molecule has 1 amide bonds. The fourth-order valence-corrected chi connectivity index (χ4v) is 4.29. The van der Waals surface area contributed by atoms with Gasteiger partial charge in [-0.15, -0.1) is 10.2 Å². The molecule has 9 nitrogen and oxygen atoms in total. The maximum atomic E-state index is 12.7. The number of carbonyl (C=O) groups excluding carboxylic acids is 2. The van der Waals surface area contributed by atoms with Crippen LogP contribution in [0.1, 0.15) is 44.0 Å². The van der Waals surface area contributed by atoms with Crippen LogP contribution in [0.15, 0.2) is 30.5 Å². The molecule has 1 aromatic carbocycles. The highest BCUT2D eigenvalue weighted by Gasteiger charge is 2.36. The number of pyridine rings is 1. The van der Waals surface area contributed by atoms with E-state index in [1.807, 2.05) is 25.7 Å². The summed E-state index contributed by atoms with van der Waals surface area (Å²) in [7, 11) is 0. The van der Waals surface area contributed by atoms with E-state index in [-0.39, 0.29) is 22.4 Å². The molecule has 31 heavy (non-hydrogen) atoms. The van der Waals surface area contributed by atoms with E-state index in [1.165, 1.54) is 17.4 Å². The Hall–Kier alpha value is -3.27. The molecule has 0 bridgehead atoms. The van der Waals surface area contributed by atoms with Crippen molar-refractivity contribution in [3.05, 3.63) is 36.0 Å². The monoisotopic (exact) mass is 441 g/mol. The molecule has 1 aliphatic rings. The highest BCUT2D eigenvalue weighted by Crippen LogP contribution is 2.33. The van der Waals surface area contributed by atoms with Gasteiger partial charge in [-0.1, -0.05) is 23.5 Å². The number of hydrogen-bond donors (Lipinski definition) is 2. The van der Waals surface area contributed by atoms with Crippen molar-refractivity contribution in [2.45, 2.75) is 45.3 Å². The number of amides is 1. The van der Waals surface area contributed by atoms with Gasteiger partial charge in [-0.3, -0.25) is 15.1 Å². The lowest BCUT2D eigenvalue weighted by molar-refractivity contribution is -0.156. The first-order chi connectivity index (χ1) is 14.7. The molecule has 1 atom stereocenters. The first kappa shape index (κ1) is 21.0. The maximum Gasteiger partial charge on any atom is 0.329 e. The predicted octanol–water partition coefficient (Wildman–Crippen LogP) is 3.35.